The molecule has 1 aliphatic carbocycles. The topological polar surface area (TPSA) is 53.1 Å². The van der Waals surface area contributed by atoms with Crippen LogP contribution in [0.5, 0.6) is 0 Å². The van der Waals surface area contributed by atoms with Gasteiger partial charge in [0, 0.05) is 5.39 Å². The molecule has 0 saturated heterocycles. The Labute approximate surface area is 148 Å². The van der Waals surface area contributed by atoms with Crippen molar-refractivity contribution in [3.8, 4) is 0 Å². The molecule has 0 amide bonds. The van der Waals surface area contributed by atoms with Crippen LogP contribution in [0.2, 0.25) is 0 Å². The van der Waals surface area contributed by atoms with E-state index in [1.165, 1.54) is 27.5 Å². The summed E-state index contributed by atoms with van der Waals surface area (Å²) < 4.78 is 0. The van der Waals surface area contributed by atoms with E-state index in [1.807, 2.05) is 17.0 Å². The molecule has 0 fully saturated rings. The Hall–Kier alpha value is -2.81. The number of aryl methyl sites for hydroxylation is 2. The molecule has 0 unspecified atom stereocenters. The number of hydrogen-bond donors (Lipinski definition) is 2. The molecule has 0 aliphatic heterocycles. The molecule has 3 aromatic rings. The maximum Gasteiger partial charge on any atom is 0.197 e. The predicted molar refractivity (Wildman–Crippen MR) is 106 cm³/mol. The van der Waals surface area contributed by atoms with Gasteiger partial charge in [-0.1, -0.05) is 56.3 Å². The van der Waals surface area contributed by atoms with Crippen LogP contribution in [0.1, 0.15) is 36.5 Å². The van der Waals surface area contributed by atoms with Crippen LogP contribution in [0.4, 0.5) is 11.4 Å². The van der Waals surface area contributed by atoms with E-state index in [4.69, 9.17) is 11.1 Å². The summed E-state index contributed by atoms with van der Waals surface area (Å²) in [6.07, 6.45) is 2.19. The number of guanidine groups is 1. The zero-order valence-electron chi connectivity index (χ0n) is 14.7. The Morgan fingerprint density at radius 2 is 1.64 bits per heavy atom. The fourth-order valence-electron chi connectivity index (χ4n) is 4.00. The lowest BCUT2D eigenvalue weighted by Crippen LogP contribution is -2.33. The minimum atomic E-state index is 0.0480. The predicted octanol–water partition coefficient (Wildman–Crippen LogP) is 5.09. The monoisotopic (exact) mass is 329 g/mol. The summed E-state index contributed by atoms with van der Waals surface area (Å²) in [4.78, 5) is 1.89. The smallest absolute Gasteiger partial charge is 0.197 e. The number of hydrogen-bond acceptors (Lipinski definition) is 1. The fraction of sp³-hybridized carbons (Fsp3) is 0.227. The highest BCUT2D eigenvalue weighted by atomic mass is 15.2. The van der Waals surface area contributed by atoms with Crippen LogP contribution in [0.15, 0.2) is 54.6 Å². The van der Waals surface area contributed by atoms with E-state index in [-0.39, 0.29) is 5.96 Å². The normalized spacial score (nSPS) is 12.8. The van der Waals surface area contributed by atoms with Gasteiger partial charge in [-0.05, 0) is 53.0 Å². The SMILES string of the molecule is CC(C)c1ccccc1N(C(=N)N)c1ccc2c3c(cccc13)CC2. The molecule has 3 N–H and O–H groups in total. The van der Waals surface area contributed by atoms with Crippen molar-refractivity contribution < 1.29 is 0 Å². The van der Waals surface area contributed by atoms with Crippen molar-refractivity contribution in [2.45, 2.75) is 32.6 Å². The number of rotatable bonds is 3. The molecule has 3 heteroatoms. The molecule has 3 aromatic carbocycles. The number of para-hydroxylation sites is 1. The molecular formula is C22H23N3. The molecule has 4 rings (SSSR count). The molecule has 126 valence electrons. The Bertz CT molecular complexity index is 962. The summed E-state index contributed by atoms with van der Waals surface area (Å²) in [5.41, 5.74) is 12.0. The second kappa shape index (κ2) is 5.92. The van der Waals surface area contributed by atoms with Gasteiger partial charge in [0.1, 0.15) is 0 Å². The first kappa shape index (κ1) is 15.7. The third kappa shape index (κ3) is 2.47. The zero-order chi connectivity index (χ0) is 17.6. The summed E-state index contributed by atoms with van der Waals surface area (Å²) in [5.74, 6) is 0.404. The molecule has 1 aliphatic rings. The van der Waals surface area contributed by atoms with E-state index in [0.29, 0.717) is 5.92 Å². The van der Waals surface area contributed by atoms with Crippen LogP contribution >= 0.6 is 0 Å². The van der Waals surface area contributed by atoms with Crippen molar-refractivity contribution in [3.05, 3.63) is 71.3 Å². The Kier molecular flexibility index (Phi) is 3.72. The molecule has 0 aromatic heterocycles. The third-order valence-corrected chi connectivity index (χ3v) is 5.14. The standard InChI is InChI=1S/C22H23N3/c1-14(2)17-7-3-4-9-19(17)25(22(23)24)20-13-12-16-11-10-15-6-5-8-18(20)21(15)16/h3-9,12-14H,10-11H2,1-2H3,(H3,23,24). The summed E-state index contributed by atoms with van der Waals surface area (Å²) in [6, 6.07) is 19.0. The quantitative estimate of drug-likeness (QED) is 0.519. The first-order valence-electron chi connectivity index (χ1n) is 8.84. The average Bonchev–Trinajstić information content (AvgIpc) is 3.02. The van der Waals surface area contributed by atoms with E-state index in [0.717, 1.165) is 24.2 Å². The van der Waals surface area contributed by atoms with Gasteiger partial charge in [-0.3, -0.25) is 10.3 Å². The summed E-state index contributed by atoms with van der Waals surface area (Å²) >= 11 is 0. The zero-order valence-corrected chi connectivity index (χ0v) is 14.7. The maximum atomic E-state index is 8.27. The number of benzene rings is 3. The van der Waals surface area contributed by atoms with E-state index >= 15 is 0 Å². The average molecular weight is 329 g/mol. The number of nitrogens with two attached hydrogens (primary N) is 1. The molecule has 0 spiro atoms. The van der Waals surface area contributed by atoms with Crippen molar-refractivity contribution >= 4 is 28.1 Å². The minimum Gasteiger partial charge on any atom is -0.369 e. The fourth-order valence-corrected chi connectivity index (χ4v) is 4.00. The van der Waals surface area contributed by atoms with Gasteiger partial charge < -0.3 is 5.73 Å². The lowest BCUT2D eigenvalue weighted by Gasteiger charge is -2.28. The molecule has 0 atom stereocenters. The van der Waals surface area contributed by atoms with Gasteiger partial charge in [0.15, 0.2) is 5.96 Å². The number of nitrogens with one attached hydrogen (secondary N) is 1. The van der Waals surface area contributed by atoms with Crippen LogP contribution in [0.25, 0.3) is 10.8 Å². The lowest BCUT2D eigenvalue weighted by molar-refractivity contribution is 0.865. The third-order valence-electron chi connectivity index (χ3n) is 5.14. The highest BCUT2D eigenvalue weighted by molar-refractivity contribution is 6.10. The maximum absolute atomic E-state index is 8.27. The van der Waals surface area contributed by atoms with Gasteiger partial charge in [-0.15, -0.1) is 0 Å². The molecular weight excluding hydrogens is 306 g/mol. The molecule has 0 saturated carbocycles. The van der Waals surface area contributed by atoms with Gasteiger partial charge in [-0.25, -0.2) is 0 Å². The van der Waals surface area contributed by atoms with E-state index in [9.17, 15) is 0 Å². The summed E-state index contributed by atoms with van der Waals surface area (Å²) in [5, 5.41) is 10.8. The van der Waals surface area contributed by atoms with E-state index in [2.05, 4.69) is 56.3 Å². The van der Waals surface area contributed by atoms with Gasteiger partial charge >= 0.3 is 0 Å². The van der Waals surface area contributed by atoms with Crippen molar-refractivity contribution in [1.82, 2.24) is 0 Å². The minimum absolute atomic E-state index is 0.0480. The Balaban J connectivity index is 1.99. The van der Waals surface area contributed by atoms with E-state index in [1.54, 1.807) is 0 Å². The lowest BCUT2D eigenvalue weighted by atomic mass is 9.98. The second-order valence-corrected chi connectivity index (χ2v) is 7.02. The molecule has 0 radical (unpaired) electrons. The highest BCUT2D eigenvalue weighted by Gasteiger charge is 2.22. The van der Waals surface area contributed by atoms with Crippen molar-refractivity contribution in [3.63, 3.8) is 0 Å². The molecule has 0 bridgehead atoms. The van der Waals surface area contributed by atoms with Crippen LogP contribution in [-0.2, 0) is 12.8 Å². The van der Waals surface area contributed by atoms with Crippen LogP contribution in [-0.4, -0.2) is 5.96 Å². The Morgan fingerprint density at radius 1 is 0.920 bits per heavy atom. The van der Waals surface area contributed by atoms with Gasteiger partial charge in [0.05, 0.1) is 11.4 Å². The van der Waals surface area contributed by atoms with Crippen LogP contribution in [0.3, 0.4) is 0 Å². The van der Waals surface area contributed by atoms with Gasteiger partial charge in [-0.2, -0.15) is 0 Å². The largest absolute Gasteiger partial charge is 0.369 e. The highest BCUT2D eigenvalue weighted by Crippen LogP contribution is 2.40. The van der Waals surface area contributed by atoms with Crippen molar-refractivity contribution in [1.29, 1.82) is 5.41 Å². The van der Waals surface area contributed by atoms with Crippen LogP contribution in [0, 0.1) is 5.41 Å². The van der Waals surface area contributed by atoms with Gasteiger partial charge in [0.2, 0.25) is 0 Å². The summed E-state index contributed by atoms with van der Waals surface area (Å²) in [6.45, 7) is 4.34. The first-order chi connectivity index (χ1) is 12.1. The summed E-state index contributed by atoms with van der Waals surface area (Å²) in [7, 11) is 0. The van der Waals surface area contributed by atoms with Crippen LogP contribution < -0.4 is 10.6 Å². The van der Waals surface area contributed by atoms with Crippen molar-refractivity contribution in [2.75, 3.05) is 4.90 Å². The molecule has 25 heavy (non-hydrogen) atoms. The second-order valence-electron chi connectivity index (χ2n) is 7.02. The Morgan fingerprint density at radius 3 is 2.36 bits per heavy atom. The van der Waals surface area contributed by atoms with Crippen molar-refractivity contribution in [2.24, 2.45) is 5.73 Å². The first-order valence-corrected chi connectivity index (χ1v) is 8.84. The van der Waals surface area contributed by atoms with E-state index < -0.39 is 0 Å². The number of nitrogens with zero attached hydrogens (tertiary/aromatic N) is 1. The van der Waals surface area contributed by atoms with Gasteiger partial charge in [0.25, 0.3) is 0 Å². The molecule has 0 heterocycles. The number of anilines is 2. The molecule has 3 nitrogen and oxygen atoms in total.